The first-order chi connectivity index (χ1) is 9.59. The Bertz CT molecular complexity index is 770. The second kappa shape index (κ2) is 7.09. The van der Waals surface area contributed by atoms with Crippen LogP contribution in [0.5, 0.6) is 0 Å². The van der Waals surface area contributed by atoms with Crippen molar-refractivity contribution in [3.63, 3.8) is 0 Å². The van der Waals surface area contributed by atoms with Gasteiger partial charge in [-0.2, -0.15) is 0 Å². The minimum atomic E-state index is -0.231. The molecular formula is C16H18Cl2FN3. The van der Waals surface area contributed by atoms with E-state index in [4.69, 9.17) is 5.73 Å². The van der Waals surface area contributed by atoms with Crippen LogP contribution in [0.15, 0.2) is 42.5 Å². The number of halogens is 3. The monoisotopic (exact) mass is 341 g/mol. The SMILES string of the molecule is Cc1c(F)ccc2nc([C@H](C)N)n(-c3ccccc3)c12.Cl.Cl. The molecule has 3 rings (SSSR count). The molecule has 2 N–H and O–H groups in total. The lowest BCUT2D eigenvalue weighted by Gasteiger charge is -2.12. The van der Waals surface area contributed by atoms with Crippen LogP contribution in [0.3, 0.4) is 0 Å². The van der Waals surface area contributed by atoms with Crippen molar-refractivity contribution in [3.05, 3.63) is 59.7 Å². The van der Waals surface area contributed by atoms with Crippen LogP contribution < -0.4 is 5.73 Å². The maximum absolute atomic E-state index is 13.9. The standard InChI is InChI=1S/C16H16FN3.2ClH/c1-10-13(17)8-9-14-15(10)20(16(19-14)11(2)18)12-6-4-3-5-7-12;;/h3-9,11H,18H2,1-2H3;2*1H/t11-;;/m0../s1. The predicted octanol–water partition coefficient (Wildman–Crippen LogP) is 4.34. The largest absolute Gasteiger partial charge is 0.322 e. The van der Waals surface area contributed by atoms with Crippen LogP contribution in [0, 0.1) is 12.7 Å². The predicted molar refractivity (Wildman–Crippen MR) is 92.9 cm³/mol. The molecule has 0 amide bonds. The number of hydrogen-bond donors (Lipinski definition) is 1. The van der Waals surface area contributed by atoms with Gasteiger partial charge in [0, 0.05) is 11.3 Å². The molecule has 0 aliphatic rings. The average Bonchev–Trinajstić information content (AvgIpc) is 2.84. The third-order valence-corrected chi connectivity index (χ3v) is 3.45. The van der Waals surface area contributed by atoms with Crippen molar-refractivity contribution in [3.8, 4) is 5.69 Å². The molecule has 3 nitrogen and oxygen atoms in total. The Morgan fingerprint density at radius 1 is 1.09 bits per heavy atom. The smallest absolute Gasteiger partial charge is 0.131 e. The van der Waals surface area contributed by atoms with Gasteiger partial charge in [0.15, 0.2) is 0 Å². The highest BCUT2D eigenvalue weighted by Crippen LogP contribution is 2.28. The Morgan fingerprint density at radius 3 is 2.32 bits per heavy atom. The van der Waals surface area contributed by atoms with Gasteiger partial charge in [0.05, 0.1) is 17.1 Å². The fourth-order valence-corrected chi connectivity index (χ4v) is 2.47. The van der Waals surface area contributed by atoms with Gasteiger partial charge < -0.3 is 5.73 Å². The average molecular weight is 342 g/mol. The van der Waals surface area contributed by atoms with Crippen LogP contribution in [0.2, 0.25) is 0 Å². The molecular weight excluding hydrogens is 324 g/mol. The molecule has 0 spiro atoms. The van der Waals surface area contributed by atoms with Gasteiger partial charge >= 0.3 is 0 Å². The zero-order chi connectivity index (χ0) is 14.3. The van der Waals surface area contributed by atoms with Crippen molar-refractivity contribution in [1.29, 1.82) is 0 Å². The second-order valence-corrected chi connectivity index (χ2v) is 4.97. The van der Waals surface area contributed by atoms with Crippen LogP contribution in [0.4, 0.5) is 4.39 Å². The molecule has 1 atom stereocenters. The number of para-hydroxylation sites is 1. The van der Waals surface area contributed by atoms with Gasteiger partial charge in [0.2, 0.25) is 0 Å². The number of rotatable bonds is 2. The summed E-state index contributed by atoms with van der Waals surface area (Å²) in [6.45, 7) is 3.65. The summed E-state index contributed by atoms with van der Waals surface area (Å²) >= 11 is 0. The fourth-order valence-electron chi connectivity index (χ4n) is 2.47. The number of benzene rings is 2. The molecule has 118 valence electrons. The Kier molecular flexibility index (Phi) is 5.94. The minimum Gasteiger partial charge on any atom is -0.322 e. The van der Waals surface area contributed by atoms with Gasteiger partial charge in [-0.1, -0.05) is 18.2 Å². The molecule has 0 bridgehead atoms. The third kappa shape index (κ3) is 2.95. The summed E-state index contributed by atoms with van der Waals surface area (Å²) in [6, 6.07) is 12.7. The number of nitrogens with zero attached hydrogens (tertiary/aromatic N) is 2. The van der Waals surface area contributed by atoms with E-state index >= 15 is 0 Å². The van der Waals surface area contributed by atoms with E-state index in [-0.39, 0.29) is 36.7 Å². The van der Waals surface area contributed by atoms with Crippen LogP contribution in [0.1, 0.15) is 24.4 Å². The summed E-state index contributed by atoms with van der Waals surface area (Å²) < 4.78 is 15.8. The quantitative estimate of drug-likeness (QED) is 0.753. The van der Waals surface area contributed by atoms with Crippen molar-refractivity contribution >= 4 is 35.8 Å². The first-order valence-corrected chi connectivity index (χ1v) is 6.58. The van der Waals surface area contributed by atoms with E-state index in [0.29, 0.717) is 5.56 Å². The van der Waals surface area contributed by atoms with E-state index in [1.165, 1.54) is 6.07 Å². The van der Waals surface area contributed by atoms with E-state index in [1.54, 1.807) is 13.0 Å². The van der Waals surface area contributed by atoms with Crippen molar-refractivity contribution in [1.82, 2.24) is 9.55 Å². The Hall–Kier alpha value is -1.62. The molecule has 0 aliphatic heterocycles. The number of aryl methyl sites for hydroxylation is 1. The highest BCUT2D eigenvalue weighted by Gasteiger charge is 2.18. The molecule has 1 aromatic heterocycles. The second-order valence-electron chi connectivity index (χ2n) is 4.97. The summed E-state index contributed by atoms with van der Waals surface area (Å²) in [7, 11) is 0. The molecule has 0 saturated carbocycles. The molecule has 2 aromatic carbocycles. The van der Waals surface area contributed by atoms with Crippen LogP contribution in [0.25, 0.3) is 16.7 Å². The number of fused-ring (bicyclic) bond motifs is 1. The molecule has 0 fully saturated rings. The maximum atomic E-state index is 13.9. The highest BCUT2D eigenvalue weighted by atomic mass is 35.5. The van der Waals surface area contributed by atoms with Crippen LogP contribution in [-0.4, -0.2) is 9.55 Å². The van der Waals surface area contributed by atoms with E-state index in [9.17, 15) is 4.39 Å². The zero-order valence-corrected chi connectivity index (χ0v) is 13.9. The van der Waals surface area contributed by atoms with Gasteiger partial charge in [-0.3, -0.25) is 4.57 Å². The normalized spacial score (nSPS) is 11.6. The van der Waals surface area contributed by atoms with Crippen LogP contribution in [-0.2, 0) is 0 Å². The first-order valence-electron chi connectivity index (χ1n) is 6.58. The Labute approximate surface area is 141 Å². The molecule has 6 heteroatoms. The lowest BCUT2D eigenvalue weighted by atomic mass is 10.2. The fraction of sp³-hybridized carbons (Fsp3) is 0.188. The molecule has 22 heavy (non-hydrogen) atoms. The van der Waals surface area contributed by atoms with E-state index in [1.807, 2.05) is 41.8 Å². The first kappa shape index (κ1) is 18.4. The van der Waals surface area contributed by atoms with Gasteiger partial charge in [-0.15, -0.1) is 24.8 Å². The highest BCUT2D eigenvalue weighted by molar-refractivity contribution is 5.85. The topological polar surface area (TPSA) is 43.8 Å². The van der Waals surface area contributed by atoms with Gasteiger partial charge in [-0.25, -0.2) is 9.37 Å². The molecule has 3 aromatic rings. The Balaban J connectivity index is 0.00000121. The van der Waals surface area contributed by atoms with Crippen molar-refractivity contribution in [2.24, 2.45) is 5.73 Å². The molecule has 0 aliphatic carbocycles. The summed E-state index contributed by atoms with van der Waals surface area (Å²) in [5.74, 6) is 0.505. The number of hydrogen-bond acceptors (Lipinski definition) is 2. The number of nitrogens with two attached hydrogens (primary N) is 1. The van der Waals surface area contributed by atoms with Crippen molar-refractivity contribution in [2.75, 3.05) is 0 Å². The third-order valence-electron chi connectivity index (χ3n) is 3.45. The molecule has 0 radical (unpaired) electrons. The summed E-state index contributed by atoms with van der Waals surface area (Å²) in [5.41, 5.74) is 9.10. The molecule has 0 saturated heterocycles. The minimum absolute atomic E-state index is 0. The van der Waals surface area contributed by atoms with Crippen molar-refractivity contribution in [2.45, 2.75) is 19.9 Å². The number of aromatic nitrogens is 2. The van der Waals surface area contributed by atoms with E-state index < -0.39 is 0 Å². The van der Waals surface area contributed by atoms with Gasteiger partial charge in [0.25, 0.3) is 0 Å². The summed E-state index contributed by atoms with van der Waals surface area (Å²) in [4.78, 5) is 4.56. The summed E-state index contributed by atoms with van der Waals surface area (Å²) in [6.07, 6.45) is 0. The van der Waals surface area contributed by atoms with Gasteiger partial charge in [-0.05, 0) is 38.1 Å². The lowest BCUT2D eigenvalue weighted by molar-refractivity contribution is 0.620. The van der Waals surface area contributed by atoms with E-state index in [2.05, 4.69) is 4.98 Å². The molecule has 1 heterocycles. The molecule has 0 unspecified atom stereocenters. The lowest BCUT2D eigenvalue weighted by Crippen LogP contribution is -2.12. The number of imidazole rings is 1. The Morgan fingerprint density at radius 2 is 1.73 bits per heavy atom. The van der Waals surface area contributed by atoms with Crippen LogP contribution >= 0.6 is 24.8 Å². The maximum Gasteiger partial charge on any atom is 0.131 e. The van der Waals surface area contributed by atoms with Gasteiger partial charge in [0.1, 0.15) is 11.6 Å². The van der Waals surface area contributed by atoms with Crippen molar-refractivity contribution < 1.29 is 4.39 Å². The summed E-state index contributed by atoms with van der Waals surface area (Å²) in [5, 5.41) is 0. The van der Waals surface area contributed by atoms with E-state index in [0.717, 1.165) is 22.5 Å². The zero-order valence-electron chi connectivity index (χ0n) is 12.3.